The van der Waals surface area contributed by atoms with Gasteiger partial charge in [-0.1, -0.05) is 13.8 Å². The third kappa shape index (κ3) is 3.53. The second kappa shape index (κ2) is 4.57. The predicted octanol–water partition coefficient (Wildman–Crippen LogP) is -0.0632. The first-order valence-electron chi connectivity index (χ1n) is 4.79. The molecule has 2 N–H and O–H groups in total. The molecule has 1 saturated heterocycles. The Morgan fingerprint density at radius 3 is 2.71 bits per heavy atom. The summed E-state index contributed by atoms with van der Waals surface area (Å²) in [4.78, 5) is 0. The molecule has 0 saturated carbocycles. The average Bonchev–Trinajstić information content (AvgIpc) is 2.01. The molecule has 0 amide bonds. The van der Waals surface area contributed by atoms with Gasteiger partial charge in [0.15, 0.2) is 0 Å². The molecule has 0 aliphatic carbocycles. The number of ether oxygens (including phenoxy) is 1. The van der Waals surface area contributed by atoms with Crippen LogP contribution in [0, 0.1) is 5.92 Å². The van der Waals surface area contributed by atoms with Crippen molar-refractivity contribution in [1.82, 2.24) is 4.31 Å². The molecule has 1 heterocycles. The summed E-state index contributed by atoms with van der Waals surface area (Å²) < 4.78 is 28.9. The second-order valence-electron chi connectivity index (χ2n) is 4.03. The van der Waals surface area contributed by atoms with Crippen LogP contribution in [0.1, 0.15) is 20.3 Å². The molecule has 1 aliphatic heterocycles. The van der Waals surface area contributed by atoms with Crippen LogP contribution in [-0.4, -0.2) is 38.5 Å². The minimum absolute atomic E-state index is 0.0120. The third-order valence-corrected chi connectivity index (χ3v) is 3.25. The van der Waals surface area contributed by atoms with E-state index in [0.29, 0.717) is 25.6 Å². The SMILES string of the molecule is CC(C)CC1CN(S(N)(=O)=O)CCO1. The molecule has 0 spiro atoms. The van der Waals surface area contributed by atoms with Crippen molar-refractivity contribution >= 4 is 10.2 Å². The van der Waals surface area contributed by atoms with Crippen molar-refractivity contribution in [1.29, 1.82) is 0 Å². The van der Waals surface area contributed by atoms with E-state index in [2.05, 4.69) is 13.8 Å². The maximum absolute atomic E-state index is 11.1. The van der Waals surface area contributed by atoms with Gasteiger partial charge in [-0.15, -0.1) is 0 Å². The molecule has 1 atom stereocenters. The lowest BCUT2D eigenvalue weighted by Gasteiger charge is -2.31. The topological polar surface area (TPSA) is 72.6 Å². The third-order valence-electron chi connectivity index (χ3n) is 2.20. The molecule has 14 heavy (non-hydrogen) atoms. The molecule has 1 aliphatic rings. The van der Waals surface area contributed by atoms with E-state index in [1.807, 2.05) is 0 Å². The molecule has 0 aromatic heterocycles. The fourth-order valence-electron chi connectivity index (χ4n) is 1.59. The Hall–Kier alpha value is -0.170. The van der Waals surface area contributed by atoms with Crippen LogP contribution in [0.2, 0.25) is 0 Å². The molecule has 0 aromatic carbocycles. The van der Waals surface area contributed by atoms with Gasteiger partial charge in [0.25, 0.3) is 10.2 Å². The van der Waals surface area contributed by atoms with Gasteiger partial charge in [-0.3, -0.25) is 0 Å². The van der Waals surface area contributed by atoms with Crippen molar-refractivity contribution in [2.75, 3.05) is 19.7 Å². The zero-order valence-electron chi connectivity index (χ0n) is 8.64. The molecular weight excluding hydrogens is 204 g/mol. The Morgan fingerprint density at radius 1 is 1.57 bits per heavy atom. The largest absolute Gasteiger partial charge is 0.375 e. The van der Waals surface area contributed by atoms with E-state index in [9.17, 15) is 8.42 Å². The van der Waals surface area contributed by atoms with Crippen LogP contribution in [0.3, 0.4) is 0 Å². The highest BCUT2D eigenvalue weighted by Gasteiger charge is 2.27. The molecule has 0 bridgehead atoms. The van der Waals surface area contributed by atoms with Gasteiger partial charge in [0, 0.05) is 13.1 Å². The molecule has 0 radical (unpaired) electrons. The van der Waals surface area contributed by atoms with Crippen molar-refractivity contribution in [2.24, 2.45) is 11.1 Å². The van der Waals surface area contributed by atoms with E-state index in [-0.39, 0.29) is 6.10 Å². The lowest BCUT2D eigenvalue weighted by atomic mass is 10.1. The standard InChI is InChI=1S/C8H18N2O3S/c1-7(2)5-8-6-10(3-4-13-8)14(9,11)12/h7-8H,3-6H2,1-2H3,(H2,9,11,12). The number of rotatable bonds is 3. The van der Waals surface area contributed by atoms with Crippen molar-refractivity contribution in [3.63, 3.8) is 0 Å². The van der Waals surface area contributed by atoms with Gasteiger partial charge in [0.05, 0.1) is 12.7 Å². The van der Waals surface area contributed by atoms with Gasteiger partial charge in [0.2, 0.25) is 0 Å². The number of nitrogens with zero attached hydrogens (tertiary/aromatic N) is 1. The van der Waals surface area contributed by atoms with Crippen molar-refractivity contribution in [3.8, 4) is 0 Å². The number of nitrogens with two attached hydrogens (primary N) is 1. The summed E-state index contributed by atoms with van der Waals surface area (Å²) in [6.45, 7) is 5.36. The Morgan fingerprint density at radius 2 is 2.21 bits per heavy atom. The summed E-state index contributed by atoms with van der Waals surface area (Å²) in [6, 6.07) is 0. The van der Waals surface area contributed by atoms with Gasteiger partial charge in [0.1, 0.15) is 0 Å². The summed E-state index contributed by atoms with van der Waals surface area (Å²) in [7, 11) is -3.54. The first-order valence-corrected chi connectivity index (χ1v) is 6.29. The zero-order valence-corrected chi connectivity index (χ0v) is 9.46. The highest BCUT2D eigenvalue weighted by molar-refractivity contribution is 7.86. The average molecular weight is 222 g/mol. The quantitative estimate of drug-likeness (QED) is 0.727. The lowest BCUT2D eigenvalue weighted by Crippen LogP contribution is -2.48. The molecule has 5 nitrogen and oxygen atoms in total. The van der Waals surface area contributed by atoms with Gasteiger partial charge in [-0.05, 0) is 12.3 Å². The first-order chi connectivity index (χ1) is 6.39. The lowest BCUT2D eigenvalue weighted by molar-refractivity contribution is -0.0118. The van der Waals surface area contributed by atoms with Crippen LogP contribution in [0.15, 0.2) is 0 Å². The Bertz CT molecular complexity index is 276. The summed E-state index contributed by atoms with van der Waals surface area (Å²) in [5.41, 5.74) is 0. The van der Waals surface area contributed by atoms with E-state index >= 15 is 0 Å². The molecule has 1 unspecified atom stereocenters. The van der Waals surface area contributed by atoms with E-state index in [4.69, 9.17) is 9.88 Å². The Balaban J connectivity index is 2.52. The molecular formula is C8H18N2O3S. The van der Waals surface area contributed by atoms with Gasteiger partial charge in [-0.2, -0.15) is 12.7 Å². The molecule has 1 fully saturated rings. The van der Waals surface area contributed by atoms with Gasteiger partial charge >= 0.3 is 0 Å². The summed E-state index contributed by atoms with van der Waals surface area (Å²) in [6.07, 6.45) is 0.855. The molecule has 84 valence electrons. The monoisotopic (exact) mass is 222 g/mol. The Labute approximate surface area is 85.4 Å². The van der Waals surface area contributed by atoms with E-state index in [1.165, 1.54) is 4.31 Å². The second-order valence-corrected chi connectivity index (χ2v) is 5.57. The zero-order chi connectivity index (χ0) is 10.8. The molecule has 0 aromatic rings. The minimum Gasteiger partial charge on any atom is -0.375 e. The highest BCUT2D eigenvalue weighted by Crippen LogP contribution is 2.14. The number of hydrogen-bond acceptors (Lipinski definition) is 3. The minimum atomic E-state index is -3.54. The summed E-state index contributed by atoms with van der Waals surface area (Å²) in [5.74, 6) is 0.500. The highest BCUT2D eigenvalue weighted by atomic mass is 32.2. The smallest absolute Gasteiger partial charge is 0.277 e. The van der Waals surface area contributed by atoms with Crippen LogP contribution in [0.4, 0.5) is 0 Å². The van der Waals surface area contributed by atoms with Gasteiger partial charge in [-0.25, -0.2) is 5.14 Å². The van der Waals surface area contributed by atoms with E-state index in [0.717, 1.165) is 6.42 Å². The number of morpholine rings is 1. The fourth-order valence-corrected chi connectivity index (χ4v) is 2.29. The summed E-state index contributed by atoms with van der Waals surface area (Å²) >= 11 is 0. The van der Waals surface area contributed by atoms with E-state index in [1.54, 1.807) is 0 Å². The molecule has 6 heteroatoms. The maximum Gasteiger partial charge on any atom is 0.277 e. The molecule has 1 rings (SSSR count). The van der Waals surface area contributed by atoms with Crippen molar-refractivity contribution in [2.45, 2.75) is 26.4 Å². The van der Waals surface area contributed by atoms with Crippen LogP contribution >= 0.6 is 0 Å². The fraction of sp³-hybridized carbons (Fsp3) is 1.00. The Kier molecular flexibility index (Phi) is 3.88. The summed E-state index contributed by atoms with van der Waals surface area (Å²) in [5, 5.41) is 5.05. The maximum atomic E-state index is 11.1. The van der Waals surface area contributed by atoms with Crippen LogP contribution in [0.25, 0.3) is 0 Å². The van der Waals surface area contributed by atoms with Gasteiger partial charge < -0.3 is 4.74 Å². The van der Waals surface area contributed by atoms with E-state index < -0.39 is 10.2 Å². The first kappa shape index (κ1) is 11.9. The van der Waals surface area contributed by atoms with Crippen LogP contribution in [0.5, 0.6) is 0 Å². The van der Waals surface area contributed by atoms with Crippen molar-refractivity contribution < 1.29 is 13.2 Å². The number of hydrogen-bond donors (Lipinski definition) is 1. The normalized spacial score (nSPS) is 25.6. The van der Waals surface area contributed by atoms with Crippen LogP contribution < -0.4 is 5.14 Å². The van der Waals surface area contributed by atoms with Crippen molar-refractivity contribution in [3.05, 3.63) is 0 Å². The van der Waals surface area contributed by atoms with Crippen LogP contribution in [-0.2, 0) is 14.9 Å². The predicted molar refractivity (Wildman–Crippen MR) is 53.9 cm³/mol.